The van der Waals surface area contributed by atoms with Crippen molar-refractivity contribution < 1.29 is 4.79 Å². The van der Waals surface area contributed by atoms with Gasteiger partial charge < -0.3 is 11.1 Å². The van der Waals surface area contributed by atoms with Gasteiger partial charge in [0.05, 0.1) is 16.4 Å². The number of nitrogens with zero attached hydrogens (tertiary/aromatic N) is 1. The van der Waals surface area contributed by atoms with Crippen molar-refractivity contribution in [2.75, 3.05) is 11.1 Å². The molecule has 1 heterocycles. The molecule has 0 unspecified atom stereocenters. The Balaban J connectivity index is 2.21. The first-order valence-electron chi connectivity index (χ1n) is 5.35. The quantitative estimate of drug-likeness (QED) is 0.896. The molecule has 4 nitrogen and oxygen atoms in total. The number of rotatable bonds is 2. The fraction of sp³-hybridized carbons (Fsp3) is 0.0769. The first-order chi connectivity index (χ1) is 8.56. The van der Waals surface area contributed by atoms with E-state index in [0.717, 1.165) is 5.56 Å². The minimum atomic E-state index is -0.198. The topological polar surface area (TPSA) is 68.0 Å². The zero-order chi connectivity index (χ0) is 13.1. The molecule has 0 radical (unpaired) electrons. The maximum atomic E-state index is 12.0. The summed E-state index contributed by atoms with van der Waals surface area (Å²) >= 11 is 3.31. The van der Waals surface area contributed by atoms with E-state index in [9.17, 15) is 4.79 Å². The van der Waals surface area contributed by atoms with Gasteiger partial charge in [-0.25, -0.2) is 4.98 Å². The molecule has 0 saturated heterocycles. The van der Waals surface area contributed by atoms with Gasteiger partial charge in [-0.3, -0.25) is 4.79 Å². The molecule has 0 saturated carbocycles. The maximum absolute atomic E-state index is 12.0. The molecule has 1 amide bonds. The second-order valence-electron chi connectivity index (χ2n) is 3.92. The van der Waals surface area contributed by atoms with Crippen molar-refractivity contribution in [2.24, 2.45) is 0 Å². The number of amides is 1. The van der Waals surface area contributed by atoms with Crippen LogP contribution in [0.4, 0.5) is 11.5 Å². The van der Waals surface area contributed by atoms with Crippen molar-refractivity contribution in [3.63, 3.8) is 0 Å². The number of anilines is 2. The van der Waals surface area contributed by atoms with Crippen molar-refractivity contribution >= 4 is 33.3 Å². The van der Waals surface area contributed by atoms with E-state index in [1.54, 1.807) is 12.1 Å². The van der Waals surface area contributed by atoms with E-state index in [1.165, 1.54) is 6.20 Å². The van der Waals surface area contributed by atoms with Crippen LogP contribution in [0, 0.1) is 6.92 Å². The third kappa shape index (κ3) is 2.87. The number of nitrogens with one attached hydrogen (secondary N) is 1. The molecule has 2 rings (SSSR count). The van der Waals surface area contributed by atoms with E-state index in [4.69, 9.17) is 5.73 Å². The van der Waals surface area contributed by atoms with Gasteiger partial charge in [-0.2, -0.15) is 0 Å². The number of carbonyl (C=O) groups excluding carboxylic acids is 1. The molecule has 1 aromatic carbocycles. The maximum Gasteiger partial charge on any atom is 0.256 e. The number of aryl methyl sites for hydroxylation is 1. The molecule has 1 aromatic heterocycles. The minimum Gasteiger partial charge on any atom is -0.397 e. The monoisotopic (exact) mass is 305 g/mol. The van der Waals surface area contributed by atoms with E-state index in [-0.39, 0.29) is 5.91 Å². The lowest BCUT2D eigenvalue weighted by Gasteiger charge is -2.07. The number of aromatic nitrogens is 1. The van der Waals surface area contributed by atoms with Gasteiger partial charge >= 0.3 is 0 Å². The summed E-state index contributed by atoms with van der Waals surface area (Å²) in [5.41, 5.74) is 7.75. The third-order valence-electron chi connectivity index (χ3n) is 2.37. The molecule has 2 aromatic rings. The van der Waals surface area contributed by atoms with Crippen molar-refractivity contribution in [1.82, 2.24) is 4.98 Å². The number of hydrogen-bond acceptors (Lipinski definition) is 3. The lowest BCUT2D eigenvalue weighted by molar-refractivity contribution is 0.102. The first kappa shape index (κ1) is 12.6. The minimum absolute atomic E-state index is 0.198. The summed E-state index contributed by atoms with van der Waals surface area (Å²) < 4.78 is 0.656. The van der Waals surface area contributed by atoms with E-state index in [1.807, 2.05) is 25.1 Å². The van der Waals surface area contributed by atoms with Crippen LogP contribution in [0.2, 0.25) is 0 Å². The molecule has 0 atom stereocenters. The zero-order valence-electron chi connectivity index (χ0n) is 9.77. The number of carbonyl (C=O) groups is 1. The van der Waals surface area contributed by atoms with Crippen molar-refractivity contribution in [3.8, 4) is 0 Å². The Bertz CT molecular complexity index is 599. The summed E-state index contributed by atoms with van der Waals surface area (Å²) in [7, 11) is 0. The fourth-order valence-electron chi connectivity index (χ4n) is 1.51. The average Bonchev–Trinajstić information content (AvgIpc) is 2.32. The van der Waals surface area contributed by atoms with E-state index >= 15 is 0 Å². The van der Waals surface area contributed by atoms with Crippen molar-refractivity contribution in [3.05, 3.63) is 52.1 Å². The second-order valence-corrected chi connectivity index (χ2v) is 4.78. The lowest BCUT2D eigenvalue weighted by atomic mass is 10.1. The molecule has 5 heteroatoms. The molecular weight excluding hydrogens is 294 g/mol. The highest BCUT2D eigenvalue weighted by Crippen LogP contribution is 2.22. The Morgan fingerprint density at radius 3 is 2.83 bits per heavy atom. The number of nitrogens with two attached hydrogens (primary N) is 1. The summed E-state index contributed by atoms with van der Waals surface area (Å²) in [4.78, 5) is 16.1. The molecule has 92 valence electrons. The van der Waals surface area contributed by atoms with Gasteiger partial charge in [0.1, 0.15) is 5.82 Å². The normalized spacial score (nSPS) is 10.1. The average molecular weight is 306 g/mol. The van der Waals surface area contributed by atoms with Gasteiger partial charge in [0.2, 0.25) is 0 Å². The van der Waals surface area contributed by atoms with Gasteiger partial charge in [-0.1, -0.05) is 17.7 Å². The molecule has 0 spiro atoms. The Morgan fingerprint density at radius 2 is 2.17 bits per heavy atom. The van der Waals surface area contributed by atoms with Crippen LogP contribution in [0.3, 0.4) is 0 Å². The highest BCUT2D eigenvalue weighted by molar-refractivity contribution is 9.10. The van der Waals surface area contributed by atoms with Crippen LogP contribution >= 0.6 is 15.9 Å². The summed E-state index contributed by atoms with van der Waals surface area (Å²) in [6.45, 7) is 1.94. The lowest BCUT2D eigenvalue weighted by Crippen LogP contribution is -2.13. The van der Waals surface area contributed by atoms with Crippen LogP contribution in [0.25, 0.3) is 0 Å². The van der Waals surface area contributed by atoms with Crippen molar-refractivity contribution in [1.29, 1.82) is 0 Å². The Hall–Kier alpha value is -1.88. The van der Waals surface area contributed by atoms with Crippen LogP contribution < -0.4 is 11.1 Å². The highest BCUT2D eigenvalue weighted by atomic mass is 79.9. The van der Waals surface area contributed by atoms with Crippen LogP contribution in [0.15, 0.2) is 41.0 Å². The van der Waals surface area contributed by atoms with E-state index in [0.29, 0.717) is 21.5 Å². The third-order valence-corrected chi connectivity index (χ3v) is 2.98. The van der Waals surface area contributed by atoms with Gasteiger partial charge in [-0.05, 0) is 41.1 Å². The fourth-order valence-corrected chi connectivity index (χ4v) is 1.98. The molecule has 3 N–H and O–H groups in total. The Kier molecular flexibility index (Phi) is 3.62. The predicted molar refractivity (Wildman–Crippen MR) is 75.5 cm³/mol. The smallest absolute Gasteiger partial charge is 0.256 e. The SMILES string of the molecule is Cc1cccc(C(=O)Nc2ncc(N)cc2Br)c1. The summed E-state index contributed by atoms with van der Waals surface area (Å²) in [6, 6.07) is 9.05. The largest absolute Gasteiger partial charge is 0.397 e. The van der Waals surface area contributed by atoms with Crippen LogP contribution in [-0.2, 0) is 0 Å². The molecule has 0 bridgehead atoms. The number of hydrogen-bond donors (Lipinski definition) is 2. The summed E-state index contributed by atoms with van der Waals surface area (Å²) in [5, 5.41) is 2.73. The van der Waals surface area contributed by atoms with Gasteiger partial charge in [0.15, 0.2) is 0 Å². The molecule has 0 aliphatic carbocycles. The Labute approximate surface area is 113 Å². The van der Waals surface area contributed by atoms with Crippen LogP contribution in [0.5, 0.6) is 0 Å². The van der Waals surface area contributed by atoms with Gasteiger partial charge in [-0.15, -0.1) is 0 Å². The van der Waals surface area contributed by atoms with Crippen LogP contribution in [-0.4, -0.2) is 10.9 Å². The highest BCUT2D eigenvalue weighted by Gasteiger charge is 2.09. The number of pyridine rings is 1. The summed E-state index contributed by atoms with van der Waals surface area (Å²) in [5.74, 6) is 0.257. The summed E-state index contributed by atoms with van der Waals surface area (Å²) in [6.07, 6.45) is 1.50. The predicted octanol–water partition coefficient (Wildman–Crippen LogP) is 2.99. The second kappa shape index (κ2) is 5.18. The standard InChI is InChI=1S/C13H12BrN3O/c1-8-3-2-4-9(5-8)13(18)17-12-11(14)6-10(15)7-16-12/h2-7H,15H2,1H3,(H,16,17,18). The Morgan fingerprint density at radius 1 is 1.39 bits per heavy atom. The molecule has 0 aliphatic rings. The van der Waals surface area contributed by atoms with Crippen LogP contribution in [0.1, 0.15) is 15.9 Å². The molecule has 0 fully saturated rings. The zero-order valence-corrected chi connectivity index (χ0v) is 11.4. The van der Waals surface area contributed by atoms with Gasteiger partial charge in [0, 0.05) is 5.56 Å². The van der Waals surface area contributed by atoms with E-state index in [2.05, 4.69) is 26.2 Å². The number of nitrogen functional groups attached to an aromatic ring is 1. The number of benzene rings is 1. The molecular formula is C13H12BrN3O. The molecule has 0 aliphatic heterocycles. The van der Waals surface area contributed by atoms with E-state index < -0.39 is 0 Å². The van der Waals surface area contributed by atoms with Crippen molar-refractivity contribution in [2.45, 2.75) is 6.92 Å². The first-order valence-corrected chi connectivity index (χ1v) is 6.14. The molecule has 18 heavy (non-hydrogen) atoms. The number of halogens is 1. The van der Waals surface area contributed by atoms with Gasteiger partial charge in [0.25, 0.3) is 5.91 Å².